The van der Waals surface area contributed by atoms with Crippen molar-refractivity contribution in [3.05, 3.63) is 18.7 Å². The highest BCUT2D eigenvalue weighted by Gasteiger charge is 1.93. The second-order valence-corrected chi connectivity index (χ2v) is 2.85. The Hall–Kier alpha value is -0.870. The van der Waals surface area contributed by atoms with E-state index in [1.807, 2.05) is 10.8 Å². The molecular weight excluding hydrogens is 154 g/mol. The maximum atomic E-state index is 8.93. The van der Waals surface area contributed by atoms with E-state index in [4.69, 9.17) is 5.11 Å². The van der Waals surface area contributed by atoms with Gasteiger partial charge < -0.3 is 15.0 Å². The first-order valence-corrected chi connectivity index (χ1v) is 4.13. The van der Waals surface area contributed by atoms with Crippen LogP contribution in [0, 0.1) is 0 Å². The zero-order valence-electron chi connectivity index (χ0n) is 7.27. The predicted octanol–water partition coefficient (Wildman–Crippen LogP) is -0.147. The van der Waals surface area contributed by atoms with Crippen LogP contribution in [0.3, 0.4) is 0 Å². The number of rotatable bonds is 5. The number of aliphatic hydroxyl groups excluding tert-OH is 1. The van der Waals surface area contributed by atoms with E-state index in [9.17, 15) is 0 Å². The zero-order valence-corrected chi connectivity index (χ0v) is 7.27. The monoisotopic (exact) mass is 169 g/mol. The fourth-order valence-electron chi connectivity index (χ4n) is 0.938. The largest absolute Gasteiger partial charge is 0.392 e. The predicted molar refractivity (Wildman–Crippen MR) is 46.8 cm³/mol. The fourth-order valence-corrected chi connectivity index (χ4v) is 0.938. The third kappa shape index (κ3) is 3.50. The molecule has 0 spiro atoms. The molecule has 1 rings (SSSR count). The van der Waals surface area contributed by atoms with E-state index in [1.54, 1.807) is 19.4 Å². The first kappa shape index (κ1) is 9.22. The van der Waals surface area contributed by atoms with Gasteiger partial charge in [-0.15, -0.1) is 0 Å². The van der Waals surface area contributed by atoms with Gasteiger partial charge in [-0.1, -0.05) is 0 Å². The molecule has 4 heteroatoms. The Balaban J connectivity index is 2.04. The normalized spacial score (nSPS) is 13.2. The summed E-state index contributed by atoms with van der Waals surface area (Å²) in [5.41, 5.74) is 0. The van der Waals surface area contributed by atoms with Crippen molar-refractivity contribution in [2.45, 2.75) is 19.6 Å². The van der Waals surface area contributed by atoms with Crippen molar-refractivity contribution in [2.24, 2.45) is 0 Å². The van der Waals surface area contributed by atoms with Gasteiger partial charge in [0.2, 0.25) is 0 Å². The summed E-state index contributed by atoms with van der Waals surface area (Å²) in [4.78, 5) is 3.92. The SMILES string of the molecule is CC(O)CNCCn1ccnc1. The molecule has 2 N–H and O–H groups in total. The molecule has 12 heavy (non-hydrogen) atoms. The number of hydrogen-bond acceptors (Lipinski definition) is 3. The molecule has 0 amide bonds. The highest BCUT2D eigenvalue weighted by Crippen LogP contribution is 1.83. The van der Waals surface area contributed by atoms with Crippen LogP contribution in [0.4, 0.5) is 0 Å². The van der Waals surface area contributed by atoms with Crippen LogP contribution in [0.25, 0.3) is 0 Å². The van der Waals surface area contributed by atoms with Gasteiger partial charge >= 0.3 is 0 Å². The van der Waals surface area contributed by atoms with Gasteiger partial charge in [0, 0.05) is 32.0 Å². The summed E-state index contributed by atoms with van der Waals surface area (Å²) in [5, 5.41) is 12.1. The topological polar surface area (TPSA) is 50.1 Å². The van der Waals surface area contributed by atoms with E-state index in [-0.39, 0.29) is 6.10 Å². The average Bonchev–Trinajstić information content (AvgIpc) is 2.49. The molecule has 4 nitrogen and oxygen atoms in total. The van der Waals surface area contributed by atoms with E-state index in [0.29, 0.717) is 6.54 Å². The van der Waals surface area contributed by atoms with Crippen LogP contribution in [-0.4, -0.2) is 33.9 Å². The Morgan fingerprint density at radius 2 is 2.50 bits per heavy atom. The van der Waals surface area contributed by atoms with Gasteiger partial charge in [0.25, 0.3) is 0 Å². The highest BCUT2D eigenvalue weighted by atomic mass is 16.3. The smallest absolute Gasteiger partial charge is 0.0946 e. The van der Waals surface area contributed by atoms with E-state index < -0.39 is 0 Å². The lowest BCUT2D eigenvalue weighted by Gasteiger charge is -2.06. The van der Waals surface area contributed by atoms with Crippen LogP contribution in [0.15, 0.2) is 18.7 Å². The Morgan fingerprint density at radius 1 is 1.67 bits per heavy atom. The summed E-state index contributed by atoms with van der Waals surface area (Å²) < 4.78 is 2.00. The summed E-state index contributed by atoms with van der Waals surface area (Å²) in [6.07, 6.45) is 5.19. The number of hydrogen-bond donors (Lipinski definition) is 2. The van der Waals surface area contributed by atoms with Gasteiger partial charge in [-0.2, -0.15) is 0 Å². The molecule has 0 aliphatic carbocycles. The van der Waals surface area contributed by atoms with Crippen molar-refractivity contribution >= 4 is 0 Å². The molecule has 68 valence electrons. The van der Waals surface area contributed by atoms with Crippen LogP contribution in [0.2, 0.25) is 0 Å². The number of nitrogens with one attached hydrogen (secondary N) is 1. The molecule has 0 saturated carbocycles. The van der Waals surface area contributed by atoms with Crippen LogP contribution < -0.4 is 5.32 Å². The summed E-state index contributed by atoms with van der Waals surface area (Å²) in [7, 11) is 0. The Bertz CT molecular complexity index is 196. The van der Waals surface area contributed by atoms with Crippen molar-refractivity contribution < 1.29 is 5.11 Å². The minimum Gasteiger partial charge on any atom is -0.392 e. The van der Waals surface area contributed by atoms with Gasteiger partial charge in [-0.3, -0.25) is 0 Å². The molecule has 0 bridgehead atoms. The summed E-state index contributed by atoms with van der Waals surface area (Å²) in [6.45, 7) is 4.17. The van der Waals surface area contributed by atoms with Crippen molar-refractivity contribution in [1.82, 2.24) is 14.9 Å². The molecule has 0 saturated heterocycles. The molecule has 0 aliphatic rings. The number of aliphatic hydroxyl groups is 1. The lowest BCUT2D eigenvalue weighted by molar-refractivity contribution is 0.191. The molecule has 0 fully saturated rings. The van der Waals surface area contributed by atoms with Crippen LogP contribution in [0.5, 0.6) is 0 Å². The third-order valence-electron chi connectivity index (χ3n) is 1.55. The maximum absolute atomic E-state index is 8.93. The van der Waals surface area contributed by atoms with E-state index >= 15 is 0 Å². The number of nitrogens with zero attached hydrogens (tertiary/aromatic N) is 2. The summed E-state index contributed by atoms with van der Waals surface area (Å²) in [5.74, 6) is 0. The van der Waals surface area contributed by atoms with Crippen LogP contribution in [0.1, 0.15) is 6.92 Å². The molecule has 0 aromatic carbocycles. The molecule has 0 aliphatic heterocycles. The molecule has 1 atom stereocenters. The summed E-state index contributed by atoms with van der Waals surface area (Å²) in [6, 6.07) is 0. The lowest BCUT2D eigenvalue weighted by Crippen LogP contribution is -2.27. The average molecular weight is 169 g/mol. The minimum absolute atomic E-state index is 0.271. The van der Waals surface area contributed by atoms with E-state index in [1.165, 1.54) is 0 Å². The van der Waals surface area contributed by atoms with Crippen LogP contribution in [-0.2, 0) is 6.54 Å². The Morgan fingerprint density at radius 3 is 3.08 bits per heavy atom. The van der Waals surface area contributed by atoms with Gasteiger partial charge in [-0.05, 0) is 6.92 Å². The van der Waals surface area contributed by atoms with E-state index in [2.05, 4.69) is 10.3 Å². The lowest BCUT2D eigenvalue weighted by atomic mass is 10.4. The van der Waals surface area contributed by atoms with Gasteiger partial charge in [0.05, 0.1) is 12.4 Å². The Kier molecular flexibility index (Phi) is 3.76. The fraction of sp³-hybridized carbons (Fsp3) is 0.625. The molecule has 1 unspecified atom stereocenters. The van der Waals surface area contributed by atoms with Crippen molar-refractivity contribution in [3.8, 4) is 0 Å². The number of aromatic nitrogens is 2. The highest BCUT2D eigenvalue weighted by molar-refractivity contribution is 4.74. The molecule has 1 heterocycles. The minimum atomic E-state index is -0.271. The van der Waals surface area contributed by atoms with E-state index in [0.717, 1.165) is 13.1 Å². The van der Waals surface area contributed by atoms with Gasteiger partial charge in [0.15, 0.2) is 0 Å². The maximum Gasteiger partial charge on any atom is 0.0946 e. The zero-order chi connectivity index (χ0) is 8.81. The second kappa shape index (κ2) is 4.90. The standard InChI is InChI=1S/C8H15N3O/c1-8(12)6-9-2-4-11-5-3-10-7-11/h3,5,7-9,12H,2,4,6H2,1H3. The third-order valence-corrected chi connectivity index (χ3v) is 1.55. The van der Waals surface area contributed by atoms with Crippen LogP contribution >= 0.6 is 0 Å². The first-order valence-electron chi connectivity index (χ1n) is 4.13. The van der Waals surface area contributed by atoms with Gasteiger partial charge in [-0.25, -0.2) is 4.98 Å². The second-order valence-electron chi connectivity index (χ2n) is 2.85. The van der Waals surface area contributed by atoms with Crippen molar-refractivity contribution in [3.63, 3.8) is 0 Å². The molecular formula is C8H15N3O. The molecule has 1 aromatic rings. The Labute approximate surface area is 72.2 Å². The van der Waals surface area contributed by atoms with Crippen molar-refractivity contribution in [1.29, 1.82) is 0 Å². The number of imidazole rings is 1. The van der Waals surface area contributed by atoms with Crippen molar-refractivity contribution in [2.75, 3.05) is 13.1 Å². The van der Waals surface area contributed by atoms with Gasteiger partial charge in [0.1, 0.15) is 0 Å². The quantitative estimate of drug-likeness (QED) is 0.603. The molecule has 0 radical (unpaired) electrons. The summed E-state index contributed by atoms with van der Waals surface area (Å²) >= 11 is 0. The molecule has 1 aromatic heterocycles. The first-order chi connectivity index (χ1) is 5.79.